The van der Waals surface area contributed by atoms with Gasteiger partial charge in [0.1, 0.15) is 0 Å². The van der Waals surface area contributed by atoms with Crippen LogP contribution < -0.4 is 4.90 Å². The van der Waals surface area contributed by atoms with Crippen molar-refractivity contribution >= 4 is 18.0 Å². The highest BCUT2D eigenvalue weighted by Crippen LogP contribution is 2.30. The van der Waals surface area contributed by atoms with Crippen LogP contribution in [0.4, 0.5) is 5.95 Å². The van der Waals surface area contributed by atoms with Crippen LogP contribution in [0, 0.1) is 5.41 Å². The van der Waals surface area contributed by atoms with Gasteiger partial charge in [-0.1, -0.05) is 13.8 Å². The minimum atomic E-state index is -0.969. The summed E-state index contributed by atoms with van der Waals surface area (Å²) in [6.07, 6.45) is 9.43. The maximum atomic E-state index is 10.5. The molecule has 0 amide bonds. The number of rotatable bonds is 3. The molecule has 2 rings (SSSR count). The Kier molecular flexibility index (Phi) is 4.37. The molecular weight excluding hydrogens is 254 g/mol. The predicted octanol–water partition coefficient (Wildman–Crippen LogP) is 2.59. The monoisotopic (exact) mass is 275 g/mol. The van der Waals surface area contributed by atoms with Crippen molar-refractivity contribution in [2.45, 2.75) is 33.1 Å². The maximum Gasteiger partial charge on any atom is 0.328 e. The van der Waals surface area contributed by atoms with Crippen LogP contribution in [0.15, 0.2) is 18.5 Å². The second-order valence-corrected chi connectivity index (χ2v) is 5.99. The number of nitrogens with zero attached hydrogens (tertiary/aromatic N) is 3. The molecule has 0 bridgehead atoms. The third-order valence-corrected chi connectivity index (χ3v) is 3.70. The maximum absolute atomic E-state index is 10.5. The lowest BCUT2D eigenvalue weighted by Crippen LogP contribution is -2.26. The van der Waals surface area contributed by atoms with Crippen molar-refractivity contribution in [2.75, 3.05) is 18.0 Å². The molecule has 1 aliphatic heterocycles. The van der Waals surface area contributed by atoms with Crippen molar-refractivity contribution in [3.05, 3.63) is 24.0 Å². The Morgan fingerprint density at radius 1 is 1.30 bits per heavy atom. The van der Waals surface area contributed by atoms with Gasteiger partial charge in [-0.3, -0.25) is 0 Å². The number of anilines is 1. The van der Waals surface area contributed by atoms with Gasteiger partial charge in [-0.2, -0.15) is 0 Å². The molecule has 0 atom stereocenters. The van der Waals surface area contributed by atoms with Crippen molar-refractivity contribution < 1.29 is 9.90 Å². The molecule has 0 unspecified atom stereocenters. The number of aromatic nitrogens is 2. The molecule has 5 heteroatoms. The summed E-state index contributed by atoms with van der Waals surface area (Å²) in [7, 11) is 0. The van der Waals surface area contributed by atoms with Gasteiger partial charge in [0.05, 0.1) is 0 Å². The zero-order valence-electron chi connectivity index (χ0n) is 12.0. The number of carbonyl (C=O) groups is 1. The number of hydrogen-bond donors (Lipinski definition) is 1. The van der Waals surface area contributed by atoms with E-state index in [1.807, 2.05) is 0 Å². The van der Waals surface area contributed by atoms with Crippen LogP contribution in [-0.2, 0) is 4.79 Å². The van der Waals surface area contributed by atoms with E-state index < -0.39 is 5.97 Å². The first-order chi connectivity index (χ1) is 9.46. The van der Waals surface area contributed by atoms with Gasteiger partial charge in [0.15, 0.2) is 0 Å². The lowest BCUT2D eigenvalue weighted by molar-refractivity contribution is -0.131. The first-order valence-electron chi connectivity index (χ1n) is 6.94. The van der Waals surface area contributed by atoms with Crippen LogP contribution in [0.25, 0.3) is 6.08 Å². The molecule has 0 saturated carbocycles. The number of carboxylic acids is 1. The molecule has 5 nitrogen and oxygen atoms in total. The van der Waals surface area contributed by atoms with Gasteiger partial charge in [-0.05, 0) is 30.8 Å². The first-order valence-corrected chi connectivity index (χ1v) is 6.94. The molecule has 2 heterocycles. The Morgan fingerprint density at radius 2 is 2.00 bits per heavy atom. The highest BCUT2D eigenvalue weighted by Gasteiger charge is 2.23. The van der Waals surface area contributed by atoms with Crippen molar-refractivity contribution in [3.63, 3.8) is 0 Å². The molecule has 1 aliphatic rings. The van der Waals surface area contributed by atoms with E-state index in [0.717, 1.165) is 38.0 Å². The molecule has 0 aliphatic carbocycles. The summed E-state index contributed by atoms with van der Waals surface area (Å²) in [5.74, 6) is -0.237. The third kappa shape index (κ3) is 4.05. The van der Waals surface area contributed by atoms with Gasteiger partial charge >= 0.3 is 5.97 Å². The molecule has 1 aromatic heterocycles. The van der Waals surface area contributed by atoms with Crippen LogP contribution in [0.2, 0.25) is 0 Å². The fraction of sp³-hybridized carbons (Fsp3) is 0.533. The fourth-order valence-electron chi connectivity index (χ4n) is 2.37. The summed E-state index contributed by atoms with van der Waals surface area (Å²) in [5, 5.41) is 8.58. The molecule has 0 spiro atoms. The summed E-state index contributed by atoms with van der Waals surface area (Å²) in [5.41, 5.74) is 1.09. The first kappa shape index (κ1) is 14.5. The van der Waals surface area contributed by atoms with E-state index in [1.54, 1.807) is 12.4 Å². The van der Waals surface area contributed by atoms with Crippen LogP contribution in [0.5, 0.6) is 0 Å². The van der Waals surface area contributed by atoms with E-state index in [0.29, 0.717) is 11.0 Å². The molecule has 0 radical (unpaired) electrons. The molecule has 1 aromatic rings. The predicted molar refractivity (Wildman–Crippen MR) is 78.5 cm³/mol. The Balaban J connectivity index is 2.04. The van der Waals surface area contributed by atoms with Gasteiger partial charge < -0.3 is 10.0 Å². The molecule has 108 valence electrons. The van der Waals surface area contributed by atoms with E-state index in [1.165, 1.54) is 12.5 Å². The van der Waals surface area contributed by atoms with E-state index in [2.05, 4.69) is 28.7 Å². The highest BCUT2D eigenvalue weighted by molar-refractivity contribution is 5.85. The standard InChI is InChI=1S/C15H21N3O2/c1-15(2)6-3-8-18(9-7-15)14-16-10-12(11-17-14)4-5-13(19)20/h4-5,10-11H,3,6-9H2,1-2H3,(H,19,20)/b5-4+. The van der Waals surface area contributed by atoms with E-state index in [4.69, 9.17) is 5.11 Å². The summed E-state index contributed by atoms with van der Waals surface area (Å²) in [4.78, 5) is 21.3. The van der Waals surface area contributed by atoms with Crippen molar-refractivity contribution in [2.24, 2.45) is 5.41 Å². The lowest BCUT2D eigenvalue weighted by atomic mass is 9.85. The molecule has 1 saturated heterocycles. The van der Waals surface area contributed by atoms with Crippen LogP contribution in [0.1, 0.15) is 38.7 Å². The Bertz CT molecular complexity index is 494. The Morgan fingerprint density at radius 3 is 2.65 bits per heavy atom. The largest absolute Gasteiger partial charge is 0.478 e. The van der Waals surface area contributed by atoms with Gasteiger partial charge in [0.25, 0.3) is 0 Å². The summed E-state index contributed by atoms with van der Waals surface area (Å²) in [6, 6.07) is 0. The smallest absolute Gasteiger partial charge is 0.328 e. The Hall–Kier alpha value is -1.91. The van der Waals surface area contributed by atoms with Crippen molar-refractivity contribution in [3.8, 4) is 0 Å². The van der Waals surface area contributed by atoms with Crippen LogP contribution in [0.3, 0.4) is 0 Å². The third-order valence-electron chi connectivity index (χ3n) is 3.70. The molecule has 1 fully saturated rings. The number of hydrogen-bond acceptors (Lipinski definition) is 4. The van der Waals surface area contributed by atoms with E-state index in [9.17, 15) is 4.79 Å². The van der Waals surface area contributed by atoms with E-state index in [-0.39, 0.29) is 0 Å². The lowest BCUT2D eigenvalue weighted by Gasteiger charge is -2.23. The average Bonchev–Trinajstić information content (AvgIpc) is 2.58. The zero-order valence-corrected chi connectivity index (χ0v) is 12.0. The van der Waals surface area contributed by atoms with Crippen molar-refractivity contribution in [1.29, 1.82) is 0 Å². The topological polar surface area (TPSA) is 66.3 Å². The van der Waals surface area contributed by atoms with Crippen LogP contribution in [-0.4, -0.2) is 34.1 Å². The minimum Gasteiger partial charge on any atom is -0.478 e. The van der Waals surface area contributed by atoms with Gasteiger partial charge in [-0.15, -0.1) is 0 Å². The van der Waals surface area contributed by atoms with E-state index >= 15 is 0 Å². The second kappa shape index (κ2) is 6.03. The molecule has 20 heavy (non-hydrogen) atoms. The fourth-order valence-corrected chi connectivity index (χ4v) is 2.37. The summed E-state index contributed by atoms with van der Waals surface area (Å²) >= 11 is 0. The SMILES string of the molecule is CC1(C)CCCN(c2ncc(/C=C/C(=O)O)cn2)CC1. The summed E-state index contributed by atoms with van der Waals surface area (Å²) < 4.78 is 0. The second-order valence-electron chi connectivity index (χ2n) is 5.99. The van der Waals surface area contributed by atoms with Crippen molar-refractivity contribution in [1.82, 2.24) is 9.97 Å². The average molecular weight is 275 g/mol. The molecule has 0 aromatic carbocycles. The normalized spacial score (nSPS) is 19.0. The zero-order chi connectivity index (χ0) is 14.6. The molecular formula is C15H21N3O2. The van der Waals surface area contributed by atoms with Gasteiger partial charge in [0, 0.05) is 37.1 Å². The number of carboxylic acid groups (broad SMARTS) is 1. The minimum absolute atomic E-state index is 0.388. The van der Waals surface area contributed by atoms with Gasteiger partial charge in [0.2, 0.25) is 5.95 Å². The molecule has 1 N–H and O–H groups in total. The quantitative estimate of drug-likeness (QED) is 0.859. The summed E-state index contributed by atoms with van der Waals surface area (Å²) in [6.45, 7) is 6.55. The van der Waals surface area contributed by atoms with Crippen LogP contribution >= 0.6 is 0 Å². The highest BCUT2D eigenvalue weighted by atomic mass is 16.4. The van der Waals surface area contributed by atoms with Gasteiger partial charge in [-0.25, -0.2) is 14.8 Å². The Labute approximate surface area is 119 Å². The number of aliphatic carboxylic acids is 1.